The smallest absolute Gasteiger partial charge is 0.106 e. The lowest BCUT2D eigenvalue weighted by Crippen LogP contribution is -2.30. The fourth-order valence-corrected chi connectivity index (χ4v) is 3.46. The number of hydrogen-bond acceptors (Lipinski definition) is 2. The van der Waals surface area contributed by atoms with E-state index in [1.54, 1.807) is 0 Å². The van der Waals surface area contributed by atoms with E-state index in [1.165, 1.54) is 43.2 Å². The van der Waals surface area contributed by atoms with Gasteiger partial charge in [0, 0.05) is 11.6 Å². The molecule has 1 N–H and O–H groups in total. The molecule has 0 aliphatic heterocycles. The van der Waals surface area contributed by atoms with Gasteiger partial charge in [0.25, 0.3) is 0 Å². The molecule has 0 radical (unpaired) electrons. The second kappa shape index (κ2) is 5.92. The zero-order chi connectivity index (χ0) is 13.1. The molecule has 0 spiro atoms. The highest BCUT2D eigenvalue weighted by Gasteiger charge is 2.28. The van der Waals surface area contributed by atoms with Gasteiger partial charge in [0.2, 0.25) is 0 Å². The lowest BCUT2D eigenvalue weighted by Gasteiger charge is -2.31. The standard InChI is InChI=1S/C16H27NO/c1-5-17-16(14-9-7-6-8-10-14)15-11(2)12(3)18-13(15)4/h14,16-17H,5-10H2,1-4H3. The van der Waals surface area contributed by atoms with Crippen LogP contribution in [0.25, 0.3) is 0 Å². The Morgan fingerprint density at radius 3 is 2.28 bits per heavy atom. The summed E-state index contributed by atoms with van der Waals surface area (Å²) in [7, 11) is 0. The molecule has 1 aromatic rings. The van der Waals surface area contributed by atoms with Crippen LogP contribution in [0.4, 0.5) is 0 Å². The predicted octanol–water partition coefficient (Wildman–Crippen LogP) is 4.44. The van der Waals surface area contributed by atoms with Crippen molar-refractivity contribution in [3.63, 3.8) is 0 Å². The first kappa shape index (κ1) is 13.7. The molecule has 1 aliphatic carbocycles. The summed E-state index contributed by atoms with van der Waals surface area (Å²) < 4.78 is 5.82. The maximum atomic E-state index is 5.82. The molecule has 0 amide bonds. The highest BCUT2D eigenvalue weighted by Crippen LogP contribution is 2.38. The van der Waals surface area contributed by atoms with Crippen molar-refractivity contribution in [3.05, 3.63) is 22.6 Å². The van der Waals surface area contributed by atoms with Crippen molar-refractivity contribution in [3.8, 4) is 0 Å². The van der Waals surface area contributed by atoms with Crippen LogP contribution in [0.15, 0.2) is 4.42 Å². The van der Waals surface area contributed by atoms with Crippen molar-refractivity contribution < 1.29 is 4.42 Å². The molecular formula is C16H27NO. The number of rotatable bonds is 4. The molecule has 1 aromatic heterocycles. The van der Waals surface area contributed by atoms with E-state index < -0.39 is 0 Å². The van der Waals surface area contributed by atoms with Crippen molar-refractivity contribution in [2.75, 3.05) is 6.54 Å². The molecule has 1 unspecified atom stereocenters. The van der Waals surface area contributed by atoms with Gasteiger partial charge in [0.15, 0.2) is 0 Å². The van der Waals surface area contributed by atoms with Crippen LogP contribution in [0.3, 0.4) is 0 Å². The second-order valence-corrected chi connectivity index (χ2v) is 5.69. The molecule has 1 saturated carbocycles. The van der Waals surface area contributed by atoms with Gasteiger partial charge in [0.05, 0.1) is 0 Å². The molecular weight excluding hydrogens is 222 g/mol. The largest absolute Gasteiger partial charge is 0.466 e. The van der Waals surface area contributed by atoms with Crippen LogP contribution in [0.2, 0.25) is 0 Å². The molecule has 18 heavy (non-hydrogen) atoms. The Balaban J connectivity index is 2.28. The van der Waals surface area contributed by atoms with E-state index in [9.17, 15) is 0 Å². The Morgan fingerprint density at radius 2 is 1.78 bits per heavy atom. The first-order valence-corrected chi connectivity index (χ1v) is 7.45. The van der Waals surface area contributed by atoms with E-state index >= 15 is 0 Å². The minimum atomic E-state index is 0.493. The first-order valence-electron chi connectivity index (χ1n) is 7.45. The van der Waals surface area contributed by atoms with Crippen molar-refractivity contribution in [1.29, 1.82) is 0 Å². The Hall–Kier alpha value is -0.760. The number of aryl methyl sites for hydroxylation is 2. The molecule has 1 fully saturated rings. The lowest BCUT2D eigenvalue weighted by atomic mass is 9.80. The second-order valence-electron chi connectivity index (χ2n) is 5.69. The molecule has 2 heteroatoms. The minimum absolute atomic E-state index is 0.493. The molecule has 1 aliphatic rings. The predicted molar refractivity (Wildman–Crippen MR) is 75.9 cm³/mol. The highest BCUT2D eigenvalue weighted by molar-refractivity contribution is 5.34. The van der Waals surface area contributed by atoms with E-state index in [2.05, 4.69) is 33.0 Å². The van der Waals surface area contributed by atoms with Gasteiger partial charge in [0.1, 0.15) is 11.5 Å². The fraction of sp³-hybridized carbons (Fsp3) is 0.750. The van der Waals surface area contributed by atoms with Crippen molar-refractivity contribution in [1.82, 2.24) is 5.32 Å². The first-order chi connectivity index (χ1) is 8.65. The van der Waals surface area contributed by atoms with Gasteiger partial charge < -0.3 is 9.73 Å². The molecule has 1 atom stereocenters. The van der Waals surface area contributed by atoms with Crippen LogP contribution in [-0.2, 0) is 0 Å². The van der Waals surface area contributed by atoms with Gasteiger partial charge in [-0.3, -0.25) is 0 Å². The van der Waals surface area contributed by atoms with Crippen LogP contribution in [-0.4, -0.2) is 6.54 Å². The van der Waals surface area contributed by atoms with Crippen LogP contribution in [0.1, 0.15) is 67.7 Å². The third kappa shape index (κ3) is 2.64. The summed E-state index contributed by atoms with van der Waals surface area (Å²) >= 11 is 0. The van der Waals surface area contributed by atoms with Crippen LogP contribution in [0, 0.1) is 26.7 Å². The Morgan fingerprint density at radius 1 is 1.11 bits per heavy atom. The van der Waals surface area contributed by atoms with Crippen LogP contribution >= 0.6 is 0 Å². The summed E-state index contributed by atoms with van der Waals surface area (Å²) in [6.07, 6.45) is 6.92. The average molecular weight is 249 g/mol. The summed E-state index contributed by atoms with van der Waals surface area (Å²) in [5.74, 6) is 2.98. The van der Waals surface area contributed by atoms with Crippen molar-refractivity contribution in [2.45, 2.75) is 65.8 Å². The van der Waals surface area contributed by atoms with E-state index in [4.69, 9.17) is 4.42 Å². The minimum Gasteiger partial charge on any atom is -0.466 e. The topological polar surface area (TPSA) is 25.2 Å². The summed E-state index contributed by atoms with van der Waals surface area (Å²) in [6.45, 7) is 9.63. The third-order valence-corrected chi connectivity index (χ3v) is 4.47. The normalized spacial score (nSPS) is 19.1. The Bertz CT molecular complexity index is 388. The average Bonchev–Trinajstić information content (AvgIpc) is 2.62. The highest BCUT2D eigenvalue weighted by atomic mass is 16.3. The van der Waals surface area contributed by atoms with Crippen LogP contribution in [0.5, 0.6) is 0 Å². The third-order valence-electron chi connectivity index (χ3n) is 4.47. The van der Waals surface area contributed by atoms with Crippen molar-refractivity contribution in [2.24, 2.45) is 5.92 Å². The van der Waals surface area contributed by atoms with Gasteiger partial charge in [-0.05, 0) is 51.6 Å². The maximum Gasteiger partial charge on any atom is 0.106 e. The number of nitrogens with one attached hydrogen (secondary N) is 1. The molecule has 0 saturated heterocycles. The van der Waals surface area contributed by atoms with Gasteiger partial charge in [-0.15, -0.1) is 0 Å². The van der Waals surface area contributed by atoms with E-state index in [0.29, 0.717) is 6.04 Å². The van der Waals surface area contributed by atoms with Gasteiger partial charge in [-0.25, -0.2) is 0 Å². The summed E-state index contributed by atoms with van der Waals surface area (Å²) in [5.41, 5.74) is 2.78. The van der Waals surface area contributed by atoms with Gasteiger partial charge >= 0.3 is 0 Å². The molecule has 1 heterocycles. The zero-order valence-electron chi connectivity index (χ0n) is 12.3. The molecule has 0 aromatic carbocycles. The summed E-state index contributed by atoms with van der Waals surface area (Å²) in [4.78, 5) is 0. The van der Waals surface area contributed by atoms with Crippen LogP contribution < -0.4 is 5.32 Å². The maximum absolute atomic E-state index is 5.82. The van der Waals surface area contributed by atoms with Gasteiger partial charge in [-0.2, -0.15) is 0 Å². The van der Waals surface area contributed by atoms with E-state index in [0.717, 1.165) is 24.0 Å². The number of furan rings is 1. The number of hydrogen-bond donors (Lipinski definition) is 1. The molecule has 2 nitrogen and oxygen atoms in total. The quantitative estimate of drug-likeness (QED) is 0.853. The summed E-state index contributed by atoms with van der Waals surface area (Å²) in [5, 5.41) is 3.70. The Kier molecular flexibility index (Phi) is 4.50. The molecule has 2 rings (SSSR count). The monoisotopic (exact) mass is 249 g/mol. The molecule has 102 valence electrons. The molecule has 0 bridgehead atoms. The lowest BCUT2D eigenvalue weighted by molar-refractivity contribution is 0.272. The zero-order valence-corrected chi connectivity index (χ0v) is 12.3. The SMILES string of the molecule is CCNC(c1c(C)oc(C)c1C)C1CCCCC1. The van der Waals surface area contributed by atoms with Gasteiger partial charge in [-0.1, -0.05) is 26.2 Å². The Labute approximate surface area is 111 Å². The fourth-order valence-electron chi connectivity index (χ4n) is 3.46. The van der Waals surface area contributed by atoms with E-state index in [-0.39, 0.29) is 0 Å². The van der Waals surface area contributed by atoms with E-state index in [1.807, 2.05) is 0 Å². The van der Waals surface area contributed by atoms with Crippen molar-refractivity contribution >= 4 is 0 Å². The summed E-state index contributed by atoms with van der Waals surface area (Å²) in [6, 6.07) is 0.493.